The lowest BCUT2D eigenvalue weighted by atomic mass is 10.2. The van der Waals surface area contributed by atoms with Gasteiger partial charge in [-0.25, -0.2) is 4.98 Å². The van der Waals surface area contributed by atoms with E-state index in [1.165, 1.54) is 0 Å². The molecule has 0 bridgehead atoms. The number of anilines is 2. The Balaban J connectivity index is 1.64. The average molecular weight is 372 g/mol. The molecule has 0 spiro atoms. The number of ether oxygens (including phenoxy) is 1. The quantitative estimate of drug-likeness (QED) is 0.803. The summed E-state index contributed by atoms with van der Waals surface area (Å²) >= 11 is 5.58. The highest BCUT2D eigenvalue weighted by Gasteiger charge is 2.21. The van der Waals surface area contributed by atoms with Gasteiger partial charge < -0.3 is 25.0 Å². The van der Waals surface area contributed by atoms with E-state index in [-0.39, 0.29) is 0 Å². The van der Waals surface area contributed by atoms with Gasteiger partial charge in [-0.05, 0) is 49.8 Å². The first-order valence-corrected chi connectivity index (χ1v) is 9.01. The van der Waals surface area contributed by atoms with Gasteiger partial charge in [0.1, 0.15) is 11.4 Å². The zero-order chi connectivity index (χ0) is 18.7. The maximum atomic E-state index is 10.0. The van der Waals surface area contributed by atoms with Gasteiger partial charge in [0, 0.05) is 31.9 Å². The fraction of sp³-hybridized carbons (Fsp3) is 0.368. The fourth-order valence-corrected chi connectivity index (χ4v) is 3.30. The van der Waals surface area contributed by atoms with Crippen molar-refractivity contribution < 1.29 is 9.84 Å². The molecule has 6 nitrogen and oxygen atoms in total. The number of benzene rings is 1. The number of nitrogens with zero attached hydrogens (tertiary/aromatic N) is 3. The van der Waals surface area contributed by atoms with E-state index in [0.29, 0.717) is 16.7 Å². The van der Waals surface area contributed by atoms with Crippen LogP contribution in [-0.2, 0) is 0 Å². The standard InChI is InChI=1S/C19H24N4O2S/c1-13-12-15(18(25-3)20-14(13)2)21-19(26)23-10-8-22(9-11-23)16-6-4-5-7-17(16)24/h4-7,12,24H,8-11H2,1-3H3,(H,21,26). The van der Waals surface area contributed by atoms with Crippen LogP contribution in [0.5, 0.6) is 11.6 Å². The number of hydrogen-bond donors (Lipinski definition) is 2. The van der Waals surface area contributed by atoms with Gasteiger partial charge in [-0.1, -0.05) is 12.1 Å². The van der Waals surface area contributed by atoms with Crippen LogP contribution < -0.4 is 15.0 Å². The monoisotopic (exact) mass is 372 g/mol. The molecule has 1 fully saturated rings. The van der Waals surface area contributed by atoms with Crippen molar-refractivity contribution >= 4 is 28.7 Å². The zero-order valence-corrected chi connectivity index (χ0v) is 16.1. The molecule has 2 aromatic rings. The summed E-state index contributed by atoms with van der Waals surface area (Å²) in [7, 11) is 1.61. The van der Waals surface area contributed by atoms with E-state index in [4.69, 9.17) is 17.0 Å². The Labute approximate surface area is 159 Å². The van der Waals surface area contributed by atoms with Crippen LogP contribution >= 0.6 is 12.2 Å². The summed E-state index contributed by atoms with van der Waals surface area (Å²) in [5, 5.41) is 13.9. The summed E-state index contributed by atoms with van der Waals surface area (Å²) < 4.78 is 5.37. The maximum absolute atomic E-state index is 10.0. The fourth-order valence-electron chi connectivity index (χ4n) is 3.00. The molecule has 1 aliphatic rings. The Hall–Kier alpha value is -2.54. The third kappa shape index (κ3) is 3.83. The molecule has 0 aliphatic carbocycles. The number of hydrogen-bond acceptors (Lipinski definition) is 5. The molecule has 0 amide bonds. The van der Waals surface area contributed by atoms with E-state index >= 15 is 0 Å². The molecular formula is C19H24N4O2S. The van der Waals surface area contributed by atoms with Gasteiger partial charge in [-0.2, -0.15) is 0 Å². The summed E-state index contributed by atoms with van der Waals surface area (Å²) in [6, 6.07) is 9.43. The van der Waals surface area contributed by atoms with Crippen LogP contribution in [0.2, 0.25) is 0 Å². The van der Waals surface area contributed by atoms with Crippen molar-refractivity contribution in [2.45, 2.75) is 13.8 Å². The molecule has 0 saturated carbocycles. The normalized spacial score (nSPS) is 14.3. The van der Waals surface area contributed by atoms with Crippen LogP contribution in [0.4, 0.5) is 11.4 Å². The molecule has 0 radical (unpaired) electrons. The third-order valence-corrected chi connectivity index (χ3v) is 5.02. The second-order valence-corrected chi connectivity index (χ2v) is 6.73. The highest BCUT2D eigenvalue weighted by molar-refractivity contribution is 7.80. The minimum atomic E-state index is 0.313. The molecule has 2 N–H and O–H groups in total. The van der Waals surface area contributed by atoms with E-state index in [0.717, 1.165) is 48.8 Å². The van der Waals surface area contributed by atoms with Gasteiger partial charge in [-0.3, -0.25) is 0 Å². The molecular weight excluding hydrogens is 348 g/mol. The number of aryl methyl sites for hydroxylation is 2. The summed E-state index contributed by atoms with van der Waals surface area (Å²) in [5.74, 6) is 0.857. The van der Waals surface area contributed by atoms with Gasteiger partial charge in [-0.15, -0.1) is 0 Å². The second kappa shape index (κ2) is 7.78. The number of para-hydroxylation sites is 2. The Kier molecular flexibility index (Phi) is 5.46. The van der Waals surface area contributed by atoms with Crippen molar-refractivity contribution in [3.63, 3.8) is 0 Å². The van der Waals surface area contributed by atoms with Crippen molar-refractivity contribution in [1.29, 1.82) is 0 Å². The molecule has 3 rings (SSSR count). The molecule has 0 unspecified atom stereocenters. The molecule has 1 aromatic carbocycles. The van der Waals surface area contributed by atoms with E-state index in [1.54, 1.807) is 13.2 Å². The number of phenols is 1. The van der Waals surface area contributed by atoms with Crippen LogP contribution in [0.15, 0.2) is 30.3 Å². The minimum absolute atomic E-state index is 0.313. The van der Waals surface area contributed by atoms with Crippen molar-refractivity contribution in [1.82, 2.24) is 9.88 Å². The number of piperazine rings is 1. The number of aromatic hydroxyl groups is 1. The summed E-state index contributed by atoms with van der Waals surface area (Å²) in [5.41, 5.74) is 3.67. The largest absolute Gasteiger partial charge is 0.506 e. The molecule has 0 atom stereocenters. The average Bonchev–Trinajstić information content (AvgIpc) is 2.65. The van der Waals surface area contributed by atoms with Gasteiger partial charge in [0.2, 0.25) is 5.88 Å². The predicted molar refractivity (Wildman–Crippen MR) is 108 cm³/mol. The van der Waals surface area contributed by atoms with Crippen LogP contribution in [0, 0.1) is 13.8 Å². The Bertz CT molecular complexity index is 804. The van der Waals surface area contributed by atoms with Crippen LogP contribution in [-0.4, -0.2) is 53.4 Å². The number of thiocarbonyl (C=S) groups is 1. The van der Waals surface area contributed by atoms with Crippen molar-refractivity contribution in [3.8, 4) is 11.6 Å². The van der Waals surface area contributed by atoms with E-state index in [1.807, 2.05) is 38.1 Å². The number of rotatable bonds is 3. The summed E-state index contributed by atoms with van der Waals surface area (Å²) in [4.78, 5) is 8.75. The van der Waals surface area contributed by atoms with E-state index in [9.17, 15) is 5.11 Å². The molecule has 1 aliphatic heterocycles. The first-order valence-electron chi connectivity index (χ1n) is 8.60. The minimum Gasteiger partial charge on any atom is -0.506 e. The topological polar surface area (TPSA) is 60.9 Å². The Morgan fingerprint density at radius 3 is 2.54 bits per heavy atom. The smallest absolute Gasteiger partial charge is 0.237 e. The number of methoxy groups -OCH3 is 1. The number of phenolic OH excluding ortho intramolecular Hbond substituents is 1. The summed E-state index contributed by atoms with van der Waals surface area (Å²) in [6.07, 6.45) is 0. The van der Waals surface area contributed by atoms with Crippen LogP contribution in [0.1, 0.15) is 11.3 Å². The number of nitrogens with one attached hydrogen (secondary N) is 1. The third-order valence-electron chi connectivity index (χ3n) is 4.66. The van der Waals surface area contributed by atoms with Crippen molar-refractivity contribution in [2.75, 3.05) is 43.5 Å². The first-order chi connectivity index (χ1) is 12.5. The Morgan fingerprint density at radius 2 is 1.88 bits per heavy atom. The highest BCUT2D eigenvalue weighted by Crippen LogP contribution is 2.28. The lowest BCUT2D eigenvalue weighted by Crippen LogP contribution is -2.50. The molecule has 7 heteroatoms. The highest BCUT2D eigenvalue weighted by atomic mass is 32.1. The van der Waals surface area contributed by atoms with Gasteiger partial charge in [0.15, 0.2) is 5.11 Å². The van der Waals surface area contributed by atoms with E-state index in [2.05, 4.69) is 20.1 Å². The maximum Gasteiger partial charge on any atom is 0.237 e. The van der Waals surface area contributed by atoms with Gasteiger partial charge >= 0.3 is 0 Å². The number of pyridine rings is 1. The van der Waals surface area contributed by atoms with Crippen molar-refractivity contribution in [2.24, 2.45) is 0 Å². The van der Waals surface area contributed by atoms with Gasteiger partial charge in [0.05, 0.1) is 12.8 Å². The molecule has 1 saturated heterocycles. The van der Waals surface area contributed by atoms with Gasteiger partial charge in [0.25, 0.3) is 0 Å². The molecule has 2 heterocycles. The van der Waals surface area contributed by atoms with Crippen LogP contribution in [0.25, 0.3) is 0 Å². The SMILES string of the molecule is COc1nc(C)c(C)cc1NC(=S)N1CCN(c2ccccc2O)CC1. The molecule has 138 valence electrons. The summed E-state index contributed by atoms with van der Waals surface area (Å²) in [6.45, 7) is 7.12. The predicted octanol–water partition coefficient (Wildman–Crippen LogP) is 2.93. The van der Waals surface area contributed by atoms with Crippen LogP contribution in [0.3, 0.4) is 0 Å². The first kappa shape index (κ1) is 18.3. The Morgan fingerprint density at radius 1 is 1.19 bits per heavy atom. The lowest BCUT2D eigenvalue weighted by Gasteiger charge is -2.37. The number of aromatic nitrogens is 1. The van der Waals surface area contributed by atoms with Crippen molar-refractivity contribution in [3.05, 3.63) is 41.6 Å². The molecule has 1 aromatic heterocycles. The zero-order valence-electron chi connectivity index (χ0n) is 15.3. The second-order valence-electron chi connectivity index (χ2n) is 6.34. The molecule has 26 heavy (non-hydrogen) atoms. The lowest BCUT2D eigenvalue weighted by molar-refractivity contribution is 0.385. The van der Waals surface area contributed by atoms with E-state index < -0.39 is 0 Å².